The van der Waals surface area contributed by atoms with Crippen LogP contribution < -0.4 is 20.2 Å². The molecule has 3 aromatic carbocycles. The van der Waals surface area contributed by atoms with Crippen molar-refractivity contribution in [2.24, 2.45) is 5.10 Å². The number of hydrogen-bond acceptors (Lipinski definition) is 5. The maximum Gasteiger partial charge on any atom is 0.249 e. The minimum Gasteiger partial charge on any atom is -0.493 e. The Morgan fingerprint density at radius 3 is 2.49 bits per heavy atom. The molecule has 35 heavy (non-hydrogen) atoms. The number of nitrogens with one attached hydrogen (secondary N) is 2. The number of nitrogens with zero attached hydrogens (tertiary/aromatic N) is 1. The molecule has 7 nitrogen and oxygen atoms in total. The van der Waals surface area contributed by atoms with Gasteiger partial charge in [-0.2, -0.15) is 5.10 Å². The number of amides is 2. The molecule has 0 heterocycles. The lowest BCUT2D eigenvalue weighted by molar-refractivity contribution is -0.126. The van der Waals surface area contributed by atoms with Crippen molar-refractivity contribution >= 4 is 46.9 Å². The van der Waals surface area contributed by atoms with Crippen molar-refractivity contribution in [3.05, 3.63) is 86.9 Å². The molecular weight excluding hydrogens is 489 g/mol. The van der Waals surface area contributed by atoms with Gasteiger partial charge in [0.2, 0.25) is 11.8 Å². The number of carbonyl (C=O) groups is 2. The fourth-order valence-electron chi connectivity index (χ4n) is 3.19. The number of ether oxygens (including phenoxy) is 2. The largest absolute Gasteiger partial charge is 0.493 e. The molecule has 0 saturated carbocycles. The van der Waals surface area contributed by atoms with E-state index < -0.39 is 11.8 Å². The molecule has 3 aromatic rings. The number of anilines is 1. The van der Waals surface area contributed by atoms with Crippen LogP contribution in [0.4, 0.5) is 5.69 Å². The van der Waals surface area contributed by atoms with Crippen LogP contribution in [0.1, 0.15) is 28.7 Å². The van der Waals surface area contributed by atoms with Crippen molar-refractivity contribution in [1.82, 2.24) is 5.43 Å². The van der Waals surface area contributed by atoms with E-state index in [1.54, 1.807) is 36.4 Å². The van der Waals surface area contributed by atoms with Gasteiger partial charge in [0, 0.05) is 21.3 Å². The standard InChI is InChI=1S/C26H25Cl2N3O4/c1-16-4-8-22(17(2)10-16)30-25(32)13-26(33)31-29-14-18-5-9-23(24(11-18)34-3)35-15-19-6-7-20(27)12-21(19)28/h4-12,14H,13,15H2,1-3H3,(H,30,32)(H,31,33). The van der Waals surface area contributed by atoms with Crippen molar-refractivity contribution in [3.8, 4) is 11.5 Å². The Balaban J connectivity index is 1.53. The second-order valence-corrected chi connectivity index (χ2v) is 8.61. The molecule has 3 rings (SSSR count). The van der Waals surface area contributed by atoms with Crippen LogP contribution in [0.15, 0.2) is 59.7 Å². The van der Waals surface area contributed by atoms with Crippen LogP contribution in [0, 0.1) is 13.8 Å². The van der Waals surface area contributed by atoms with Crippen LogP contribution in [0.3, 0.4) is 0 Å². The Morgan fingerprint density at radius 1 is 0.971 bits per heavy atom. The van der Waals surface area contributed by atoms with Gasteiger partial charge < -0.3 is 14.8 Å². The summed E-state index contributed by atoms with van der Waals surface area (Å²) in [6, 6.07) is 16.0. The summed E-state index contributed by atoms with van der Waals surface area (Å²) in [5.74, 6) is 0.0462. The summed E-state index contributed by atoms with van der Waals surface area (Å²) in [5.41, 5.74) is 6.49. The molecule has 182 valence electrons. The molecule has 0 aromatic heterocycles. The van der Waals surface area contributed by atoms with Crippen LogP contribution in [-0.4, -0.2) is 25.1 Å². The summed E-state index contributed by atoms with van der Waals surface area (Å²) in [6.07, 6.45) is 1.09. The molecule has 0 saturated heterocycles. The summed E-state index contributed by atoms with van der Waals surface area (Å²) < 4.78 is 11.2. The van der Waals surface area contributed by atoms with Gasteiger partial charge in [-0.1, -0.05) is 47.0 Å². The van der Waals surface area contributed by atoms with E-state index >= 15 is 0 Å². The predicted molar refractivity (Wildman–Crippen MR) is 139 cm³/mol. The maximum absolute atomic E-state index is 12.1. The number of benzene rings is 3. The van der Waals surface area contributed by atoms with Gasteiger partial charge in [0.05, 0.1) is 13.3 Å². The van der Waals surface area contributed by atoms with Crippen molar-refractivity contribution in [1.29, 1.82) is 0 Å². The van der Waals surface area contributed by atoms with E-state index in [4.69, 9.17) is 32.7 Å². The van der Waals surface area contributed by atoms with Gasteiger partial charge in [-0.15, -0.1) is 0 Å². The molecule has 0 atom stereocenters. The highest BCUT2D eigenvalue weighted by molar-refractivity contribution is 6.35. The Morgan fingerprint density at radius 2 is 1.77 bits per heavy atom. The smallest absolute Gasteiger partial charge is 0.249 e. The second-order valence-electron chi connectivity index (χ2n) is 7.77. The monoisotopic (exact) mass is 513 g/mol. The summed E-state index contributed by atoms with van der Waals surface area (Å²) in [6.45, 7) is 4.10. The molecule has 0 bridgehead atoms. The molecule has 0 aliphatic rings. The highest BCUT2D eigenvalue weighted by atomic mass is 35.5. The first-order valence-electron chi connectivity index (χ1n) is 10.7. The lowest BCUT2D eigenvalue weighted by Crippen LogP contribution is -2.24. The summed E-state index contributed by atoms with van der Waals surface area (Å²) >= 11 is 12.1. The lowest BCUT2D eigenvalue weighted by atomic mass is 10.1. The quantitative estimate of drug-likeness (QED) is 0.219. The van der Waals surface area contributed by atoms with Gasteiger partial charge in [-0.3, -0.25) is 9.59 Å². The Kier molecular flexibility index (Phi) is 9.11. The van der Waals surface area contributed by atoms with Crippen molar-refractivity contribution in [3.63, 3.8) is 0 Å². The van der Waals surface area contributed by atoms with Gasteiger partial charge in [0.25, 0.3) is 0 Å². The van der Waals surface area contributed by atoms with Crippen molar-refractivity contribution in [2.45, 2.75) is 26.9 Å². The molecule has 0 spiro atoms. The van der Waals surface area contributed by atoms with Crippen LogP contribution in [0.2, 0.25) is 10.0 Å². The second kappa shape index (κ2) is 12.2. The number of rotatable bonds is 9. The van der Waals surface area contributed by atoms with Crippen LogP contribution in [0.25, 0.3) is 0 Å². The van der Waals surface area contributed by atoms with Crippen LogP contribution in [0.5, 0.6) is 11.5 Å². The lowest BCUT2D eigenvalue weighted by Gasteiger charge is -2.12. The molecule has 2 N–H and O–H groups in total. The fraction of sp³-hybridized carbons (Fsp3) is 0.192. The molecule has 2 amide bonds. The third kappa shape index (κ3) is 7.73. The number of carbonyl (C=O) groups excluding carboxylic acids is 2. The zero-order chi connectivity index (χ0) is 25.4. The van der Waals surface area contributed by atoms with Crippen LogP contribution in [-0.2, 0) is 16.2 Å². The number of aryl methyl sites for hydroxylation is 2. The Hall–Kier alpha value is -3.55. The zero-order valence-electron chi connectivity index (χ0n) is 19.5. The predicted octanol–water partition coefficient (Wildman–Crippen LogP) is 5.68. The Bertz CT molecular complexity index is 1260. The first-order valence-corrected chi connectivity index (χ1v) is 11.4. The van der Waals surface area contributed by atoms with Gasteiger partial charge in [0.1, 0.15) is 13.0 Å². The van der Waals surface area contributed by atoms with Crippen molar-refractivity contribution in [2.75, 3.05) is 12.4 Å². The summed E-state index contributed by atoms with van der Waals surface area (Å²) in [7, 11) is 1.52. The summed E-state index contributed by atoms with van der Waals surface area (Å²) in [5, 5.41) is 7.71. The third-order valence-electron chi connectivity index (χ3n) is 4.97. The van der Waals surface area contributed by atoms with Gasteiger partial charge >= 0.3 is 0 Å². The molecule has 0 aliphatic heterocycles. The highest BCUT2D eigenvalue weighted by Crippen LogP contribution is 2.29. The molecule has 9 heteroatoms. The van der Waals surface area contributed by atoms with E-state index in [0.29, 0.717) is 32.8 Å². The Labute approximate surface area is 214 Å². The molecule has 0 radical (unpaired) electrons. The summed E-state index contributed by atoms with van der Waals surface area (Å²) in [4.78, 5) is 24.2. The SMILES string of the molecule is COc1cc(C=NNC(=O)CC(=O)Nc2ccc(C)cc2C)ccc1OCc1ccc(Cl)cc1Cl. The number of halogens is 2. The third-order valence-corrected chi connectivity index (χ3v) is 5.55. The minimum absolute atomic E-state index is 0.236. The number of methoxy groups -OCH3 is 1. The fourth-order valence-corrected chi connectivity index (χ4v) is 3.65. The molecule has 0 aliphatic carbocycles. The normalized spacial score (nSPS) is 10.8. The molecular formula is C26H25Cl2N3O4. The minimum atomic E-state index is -0.532. The van der Waals surface area contributed by atoms with Crippen LogP contribution >= 0.6 is 23.2 Å². The van der Waals surface area contributed by atoms with Gasteiger partial charge in [0.15, 0.2) is 11.5 Å². The van der Waals surface area contributed by atoms with E-state index in [-0.39, 0.29) is 13.0 Å². The number of hydrogen-bond donors (Lipinski definition) is 2. The zero-order valence-corrected chi connectivity index (χ0v) is 21.0. The first-order chi connectivity index (χ1) is 16.7. The average molecular weight is 514 g/mol. The number of hydrazone groups is 1. The highest BCUT2D eigenvalue weighted by Gasteiger charge is 2.11. The molecule has 0 unspecified atom stereocenters. The van der Waals surface area contributed by atoms with E-state index in [0.717, 1.165) is 16.7 Å². The maximum atomic E-state index is 12.1. The van der Waals surface area contributed by atoms with E-state index in [1.165, 1.54) is 13.3 Å². The first kappa shape index (κ1) is 26.1. The van der Waals surface area contributed by atoms with E-state index in [2.05, 4.69) is 15.8 Å². The van der Waals surface area contributed by atoms with Gasteiger partial charge in [-0.25, -0.2) is 5.43 Å². The van der Waals surface area contributed by atoms with E-state index in [9.17, 15) is 9.59 Å². The average Bonchev–Trinajstić information content (AvgIpc) is 2.80. The molecule has 0 fully saturated rings. The topological polar surface area (TPSA) is 89.0 Å². The van der Waals surface area contributed by atoms with Crippen molar-refractivity contribution < 1.29 is 19.1 Å². The van der Waals surface area contributed by atoms with Gasteiger partial charge in [-0.05, 0) is 61.4 Å². The van der Waals surface area contributed by atoms with E-state index in [1.807, 2.05) is 32.0 Å².